The van der Waals surface area contributed by atoms with Crippen LogP contribution in [0.25, 0.3) is 0 Å². The molecular formula is C13H17NO3. The van der Waals surface area contributed by atoms with Gasteiger partial charge in [-0.25, -0.2) is 0 Å². The van der Waals surface area contributed by atoms with Crippen LogP contribution in [0.3, 0.4) is 0 Å². The van der Waals surface area contributed by atoms with Gasteiger partial charge in [0.05, 0.1) is 6.26 Å². The molecule has 2 aliphatic rings. The minimum absolute atomic E-state index is 0.0457. The van der Waals surface area contributed by atoms with E-state index >= 15 is 0 Å². The quantitative estimate of drug-likeness (QED) is 0.805. The lowest BCUT2D eigenvalue weighted by Gasteiger charge is -2.34. The van der Waals surface area contributed by atoms with Gasteiger partial charge in [-0.1, -0.05) is 0 Å². The summed E-state index contributed by atoms with van der Waals surface area (Å²) < 4.78 is 10.6. The Morgan fingerprint density at radius 3 is 2.47 bits per heavy atom. The number of hydrogen-bond acceptors (Lipinski definition) is 3. The largest absolute Gasteiger partial charge is 0.459 e. The summed E-state index contributed by atoms with van der Waals surface area (Å²) in [5.74, 6) is 0.507. The standard InChI is InChI=1S/C13H17NO3/c15-13(12-2-1-7-17-12)14(10-3-4-10)11-5-8-16-9-6-11/h1-2,7,10-11H,3-6,8-9H2. The van der Waals surface area contributed by atoms with Gasteiger partial charge in [-0.05, 0) is 37.8 Å². The molecule has 0 unspecified atom stereocenters. The van der Waals surface area contributed by atoms with Gasteiger partial charge in [-0.15, -0.1) is 0 Å². The highest BCUT2D eigenvalue weighted by atomic mass is 16.5. The third-order valence-electron chi connectivity index (χ3n) is 3.49. The topological polar surface area (TPSA) is 42.7 Å². The fourth-order valence-electron chi connectivity index (χ4n) is 2.47. The summed E-state index contributed by atoms with van der Waals surface area (Å²) in [5.41, 5.74) is 0. The van der Waals surface area contributed by atoms with Crippen LogP contribution in [0.5, 0.6) is 0 Å². The molecule has 2 fully saturated rings. The van der Waals surface area contributed by atoms with Crippen molar-refractivity contribution in [1.29, 1.82) is 0 Å². The summed E-state index contributed by atoms with van der Waals surface area (Å²) in [6.07, 6.45) is 5.71. The van der Waals surface area contributed by atoms with Crippen molar-refractivity contribution in [2.45, 2.75) is 37.8 Å². The van der Waals surface area contributed by atoms with E-state index in [1.807, 2.05) is 4.90 Å². The van der Waals surface area contributed by atoms with E-state index in [2.05, 4.69) is 0 Å². The first-order valence-electron chi connectivity index (χ1n) is 6.30. The first-order valence-corrected chi connectivity index (χ1v) is 6.30. The second-order valence-corrected chi connectivity index (χ2v) is 4.76. The fraction of sp³-hybridized carbons (Fsp3) is 0.615. The van der Waals surface area contributed by atoms with Gasteiger partial charge >= 0.3 is 0 Å². The average Bonchev–Trinajstić information content (AvgIpc) is 3.04. The number of carbonyl (C=O) groups is 1. The van der Waals surface area contributed by atoms with Gasteiger partial charge in [0.1, 0.15) is 0 Å². The van der Waals surface area contributed by atoms with Gasteiger partial charge in [0.2, 0.25) is 0 Å². The molecule has 0 radical (unpaired) electrons. The number of carbonyl (C=O) groups excluding carboxylic acids is 1. The molecule has 1 saturated heterocycles. The van der Waals surface area contributed by atoms with Crippen LogP contribution in [-0.4, -0.2) is 36.1 Å². The van der Waals surface area contributed by atoms with Crippen LogP contribution in [0, 0.1) is 0 Å². The zero-order valence-electron chi connectivity index (χ0n) is 9.80. The van der Waals surface area contributed by atoms with E-state index in [0.717, 1.165) is 38.9 Å². The summed E-state index contributed by atoms with van der Waals surface area (Å²) >= 11 is 0. The van der Waals surface area contributed by atoms with Crippen molar-refractivity contribution in [2.75, 3.05) is 13.2 Å². The molecule has 4 heteroatoms. The van der Waals surface area contributed by atoms with Crippen molar-refractivity contribution in [1.82, 2.24) is 4.90 Å². The molecule has 0 N–H and O–H groups in total. The summed E-state index contributed by atoms with van der Waals surface area (Å²) in [5, 5.41) is 0. The molecule has 1 aromatic rings. The van der Waals surface area contributed by atoms with E-state index in [1.54, 1.807) is 18.4 Å². The molecule has 0 atom stereocenters. The van der Waals surface area contributed by atoms with Crippen LogP contribution in [0.4, 0.5) is 0 Å². The highest BCUT2D eigenvalue weighted by Gasteiger charge is 2.39. The number of ether oxygens (including phenoxy) is 1. The molecule has 1 aromatic heterocycles. The maximum atomic E-state index is 12.4. The second-order valence-electron chi connectivity index (χ2n) is 4.76. The molecule has 0 spiro atoms. The third-order valence-corrected chi connectivity index (χ3v) is 3.49. The number of furan rings is 1. The summed E-state index contributed by atoms with van der Waals surface area (Å²) in [6, 6.07) is 4.27. The molecule has 0 bridgehead atoms. The molecule has 3 rings (SSSR count). The zero-order chi connectivity index (χ0) is 11.7. The van der Waals surface area contributed by atoms with Gasteiger partial charge in [-0.3, -0.25) is 4.79 Å². The monoisotopic (exact) mass is 235 g/mol. The van der Waals surface area contributed by atoms with E-state index in [-0.39, 0.29) is 5.91 Å². The normalized spacial score (nSPS) is 21.4. The Balaban J connectivity index is 1.77. The van der Waals surface area contributed by atoms with Crippen LogP contribution in [-0.2, 0) is 4.74 Å². The first kappa shape index (κ1) is 10.8. The molecule has 4 nitrogen and oxygen atoms in total. The highest BCUT2D eigenvalue weighted by molar-refractivity contribution is 5.92. The van der Waals surface area contributed by atoms with E-state index in [1.165, 1.54) is 0 Å². The lowest BCUT2D eigenvalue weighted by Crippen LogP contribution is -2.44. The summed E-state index contributed by atoms with van der Waals surface area (Å²) in [6.45, 7) is 1.53. The predicted octanol–water partition coefficient (Wildman–Crippen LogP) is 2.06. The Bertz CT molecular complexity index is 377. The Morgan fingerprint density at radius 1 is 1.18 bits per heavy atom. The minimum Gasteiger partial charge on any atom is -0.459 e. The van der Waals surface area contributed by atoms with E-state index in [4.69, 9.17) is 9.15 Å². The number of amides is 1. The third kappa shape index (κ3) is 2.22. The molecule has 2 heterocycles. The van der Waals surface area contributed by atoms with E-state index in [0.29, 0.717) is 17.8 Å². The molecule has 0 aromatic carbocycles. The van der Waals surface area contributed by atoms with E-state index < -0.39 is 0 Å². The van der Waals surface area contributed by atoms with Crippen molar-refractivity contribution in [3.63, 3.8) is 0 Å². The Labute approximate surface area is 101 Å². The predicted molar refractivity (Wildman–Crippen MR) is 61.7 cm³/mol. The molecule has 1 aliphatic carbocycles. The van der Waals surface area contributed by atoms with Crippen molar-refractivity contribution in [3.05, 3.63) is 24.2 Å². The lowest BCUT2D eigenvalue weighted by molar-refractivity contribution is 0.0249. The van der Waals surface area contributed by atoms with Crippen LogP contribution in [0.2, 0.25) is 0 Å². The van der Waals surface area contributed by atoms with Crippen LogP contribution >= 0.6 is 0 Å². The molecule has 92 valence electrons. The summed E-state index contributed by atoms with van der Waals surface area (Å²) in [4.78, 5) is 14.4. The SMILES string of the molecule is O=C(c1ccco1)N(C1CCOCC1)C1CC1. The smallest absolute Gasteiger partial charge is 0.290 e. The van der Waals surface area contributed by atoms with Crippen LogP contribution < -0.4 is 0 Å². The van der Waals surface area contributed by atoms with Gasteiger partial charge in [0.25, 0.3) is 5.91 Å². The van der Waals surface area contributed by atoms with Crippen molar-refractivity contribution < 1.29 is 13.9 Å². The zero-order valence-corrected chi connectivity index (χ0v) is 9.80. The number of hydrogen-bond donors (Lipinski definition) is 0. The van der Waals surface area contributed by atoms with Gasteiger partial charge < -0.3 is 14.1 Å². The Morgan fingerprint density at radius 2 is 1.88 bits per heavy atom. The maximum absolute atomic E-state index is 12.4. The molecule has 17 heavy (non-hydrogen) atoms. The van der Waals surface area contributed by atoms with Gasteiger partial charge in [0, 0.05) is 25.3 Å². The second kappa shape index (κ2) is 4.53. The molecule has 1 amide bonds. The number of rotatable bonds is 3. The van der Waals surface area contributed by atoms with Crippen molar-refractivity contribution >= 4 is 5.91 Å². The maximum Gasteiger partial charge on any atom is 0.290 e. The minimum atomic E-state index is 0.0457. The van der Waals surface area contributed by atoms with Crippen LogP contribution in [0.1, 0.15) is 36.2 Å². The molecule has 1 saturated carbocycles. The van der Waals surface area contributed by atoms with Crippen molar-refractivity contribution in [2.24, 2.45) is 0 Å². The van der Waals surface area contributed by atoms with Crippen LogP contribution in [0.15, 0.2) is 22.8 Å². The molecular weight excluding hydrogens is 218 g/mol. The fourth-order valence-corrected chi connectivity index (χ4v) is 2.47. The Hall–Kier alpha value is -1.29. The van der Waals surface area contributed by atoms with Crippen molar-refractivity contribution in [3.8, 4) is 0 Å². The van der Waals surface area contributed by atoms with E-state index in [9.17, 15) is 4.79 Å². The average molecular weight is 235 g/mol. The highest BCUT2D eigenvalue weighted by Crippen LogP contribution is 2.32. The number of nitrogens with zero attached hydrogens (tertiary/aromatic N) is 1. The lowest BCUT2D eigenvalue weighted by atomic mass is 10.1. The first-order chi connectivity index (χ1) is 8.36. The van der Waals surface area contributed by atoms with Gasteiger partial charge in [-0.2, -0.15) is 0 Å². The summed E-state index contributed by atoms with van der Waals surface area (Å²) in [7, 11) is 0. The molecule has 1 aliphatic heterocycles. The Kier molecular flexibility index (Phi) is 2.89. The van der Waals surface area contributed by atoms with Gasteiger partial charge in [0.15, 0.2) is 5.76 Å².